The predicted molar refractivity (Wildman–Crippen MR) is 106 cm³/mol. The van der Waals surface area contributed by atoms with Gasteiger partial charge in [-0.3, -0.25) is 9.59 Å². The minimum absolute atomic E-state index is 0.128. The normalized spacial score (nSPS) is 18.2. The van der Waals surface area contributed by atoms with Crippen molar-refractivity contribution in [1.82, 2.24) is 0 Å². The summed E-state index contributed by atoms with van der Waals surface area (Å²) in [4.78, 5) is 26.4. The third kappa shape index (κ3) is 5.07. The van der Waals surface area contributed by atoms with Crippen LogP contribution in [0.4, 0.5) is 5.69 Å². The maximum atomic E-state index is 12.3. The molecule has 140 valence electrons. The van der Waals surface area contributed by atoms with Crippen LogP contribution in [0.1, 0.15) is 51.5 Å². The van der Waals surface area contributed by atoms with Crippen molar-refractivity contribution in [1.29, 1.82) is 0 Å². The SMILES string of the molecule is C=CCC1C(=O)O/C(=C/c2ccc(N(CCCC)CCCC)cc2)C1=O. The van der Waals surface area contributed by atoms with Gasteiger partial charge in [-0.25, -0.2) is 0 Å². The molecule has 0 aromatic heterocycles. The number of unbranched alkanes of at least 4 members (excludes halogenated alkanes) is 2. The summed E-state index contributed by atoms with van der Waals surface area (Å²) in [5.74, 6) is -1.35. The molecule has 0 N–H and O–H groups in total. The van der Waals surface area contributed by atoms with Crippen molar-refractivity contribution < 1.29 is 14.3 Å². The first-order valence-corrected chi connectivity index (χ1v) is 9.54. The molecule has 1 saturated heterocycles. The highest BCUT2D eigenvalue weighted by atomic mass is 16.5. The van der Waals surface area contributed by atoms with Crippen LogP contribution in [0.5, 0.6) is 0 Å². The molecule has 1 atom stereocenters. The van der Waals surface area contributed by atoms with Crippen molar-refractivity contribution in [3.05, 3.63) is 48.2 Å². The summed E-state index contributed by atoms with van der Waals surface area (Å²) in [7, 11) is 0. The van der Waals surface area contributed by atoms with Crippen LogP contribution in [-0.4, -0.2) is 24.8 Å². The highest BCUT2D eigenvalue weighted by molar-refractivity contribution is 6.15. The second-order valence-electron chi connectivity index (χ2n) is 6.66. The van der Waals surface area contributed by atoms with Gasteiger partial charge in [-0.15, -0.1) is 6.58 Å². The zero-order chi connectivity index (χ0) is 18.9. The molecule has 1 aromatic carbocycles. The summed E-state index contributed by atoms with van der Waals surface area (Å²) >= 11 is 0. The number of Topliss-reactive ketones (excluding diaryl/α,β-unsaturated/α-hetero) is 1. The first kappa shape index (κ1) is 20.0. The van der Waals surface area contributed by atoms with Gasteiger partial charge in [0.05, 0.1) is 0 Å². The molecule has 0 radical (unpaired) electrons. The molecule has 0 bridgehead atoms. The van der Waals surface area contributed by atoms with Crippen molar-refractivity contribution in [3.63, 3.8) is 0 Å². The molecule has 4 heteroatoms. The number of carbonyl (C=O) groups is 2. The van der Waals surface area contributed by atoms with Crippen LogP contribution >= 0.6 is 0 Å². The Morgan fingerprint density at radius 1 is 1.08 bits per heavy atom. The lowest BCUT2D eigenvalue weighted by molar-refractivity contribution is -0.139. The van der Waals surface area contributed by atoms with Crippen LogP contribution in [0.2, 0.25) is 0 Å². The van der Waals surface area contributed by atoms with Crippen LogP contribution < -0.4 is 4.90 Å². The maximum Gasteiger partial charge on any atom is 0.322 e. The smallest absolute Gasteiger partial charge is 0.322 e. The Balaban J connectivity index is 2.11. The van der Waals surface area contributed by atoms with E-state index in [1.165, 1.54) is 31.4 Å². The number of rotatable bonds is 10. The van der Waals surface area contributed by atoms with E-state index in [4.69, 9.17) is 4.74 Å². The number of ketones is 1. The first-order chi connectivity index (χ1) is 12.6. The van der Waals surface area contributed by atoms with Gasteiger partial charge in [-0.05, 0) is 43.0 Å². The van der Waals surface area contributed by atoms with Gasteiger partial charge in [0.1, 0.15) is 5.92 Å². The highest BCUT2D eigenvalue weighted by Gasteiger charge is 2.38. The lowest BCUT2D eigenvalue weighted by Gasteiger charge is -2.24. The van der Waals surface area contributed by atoms with Crippen molar-refractivity contribution >= 4 is 23.5 Å². The molecular formula is C22H29NO3. The number of benzene rings is 1. The minimum Gasteiger partial charge on any atom is -0.422 e. The van der Waals surface area contributed by atoms with Crippen molar-refractivity contribution in [2.75, 3.05) is 18.0 Å². The Hall–Kier alpha value is -2.36. The second kappa shape index (κ2) is 9.95. The van der Waals surface area contributed by atoms with Gasteiger partial charge in [0.25, 0.3) is 0 Å². The molecule has 2 rings (SSSR count). The zero-order valence-electron chi connectivity index (χ0n) is 15.9. The van der Waals surface area contributed by atoms with E-state index >= 15 is 0 Å². The molecular weight excluding hydrogens is 326 g/mol. The molecule has 4 nitrogen and oxygen atoms in total. The standard InChI is InChI=1S/C22H29NO3/c1-4-7-14-23(15-8-5-2)18-12-10-17(11-13-18)16-20-21(24)19(9-6-3)22(25)26-20/h6,10-13,16,19H,3-5,7-9,14-15H2,1-2H3/b20-16+. The molecule has 0 saturated carbocycles. The summed E-state index contributed by atoms with van der Waals surface area (Å²) in [6, 6.07) is 8.07. The van der Waals surface area contributed by atoms with E-state index in [9.17, 15) is 9.59 Å². The average Bonchev–Trinajstić information content (AvgIpc) is 2.90. The fourth-order valence-electron chi connectivity index (χ4n) is 2.98. The van der Waals surface area contributed by atoms with Crippen molar-refractivity contribution in [3.8, 4) is 0 Å². The summed E-state index contributed by atoms with van der Waals surface area (Å²) in [6.45, 7) is 10.1. The highest BCUT2D eigenvalue weighted by Crippen LogP contribution is 2.26. The maximum absolute atomic E-state index is 12.3. The van der Waals surface area contributed by atoms with Crippen LogP contribution in [0, 0.1) is 5.92 Å². The Bertz CT molecular complexity index is 652. The van der Waals surface area contributed by atoms with Gasteiger partial charge in [0, 0.05) is 18.8 Å². The number of nitrogens with zero attached hydrogens (tertiary/aromatic N) is 1. The Labute approximate surface area is 156 Å². The minimum atomic E-state index is -0.739. The number of esters is 1. The van der Waals surface area contributed by atoms with Crippen LogP contribution in [0.3, 0.4) is 0 Å². The molecule has 1 fully saturated rings. The van der Waals surface area contributed by atoms with E-state index in [0.717, 1.165) is 18.7 Å². The van der Waals surface area contributed by atoms with E-state index in [-0.39, 0.29) is 11.5 Å². The monoisotopic (exact) mass is 355 g/mol. The molecule has 0 amide bonds. The van der Waals surface area contributed by atoms with Gasteiger partial charge in [-0.1, -0.05) is 44.9 Å². The third-order valence-corrected chi connectivity index (χ3v) is 4.58. The van der Waals surface area contributed by atoms with E-state index in [2.05, 4.69) is 37.5 Å². The number of anilines is 1. The quantitative estimate of drug-likeness (QED) is 0.263. The average molecular weight is 355 g/mol. The van der Waals surface area contributed by atoms with Crippen LogP contribution in [0.15, 0.2) is 42.7 Å². The van der Waals surface area contributed by atoms with Crippen molar-refractivity contribution in [2.24, 2.45) is 5.92 Å². The van der Waals surface area contributed by atoms with Gasteiger partial charge in [-0.2, -0.15) is 0 Å². The Morgan fingerprint density at radius 2 is 1.69 bits per heavy atom. The second-order valence-corrected chi connectivity index (χ2v) is 6.66. The van der Waals surface area contributed by atoms with Gasteiger partial charge in [0.15, 0.2) is 5.76 Å². The number of hydrogen-bond donors (Lipinski definition) is 0. The number of ether oxygens (including phenoxy) is 1. The zero-order valence-corrected chi connectivity index (χ0v) is 15.9. The van der Waals surface area contributed by atoms with Crippen LogP contribution in [0.25, 0.3) is 6.08 Å². The van der Waals surface area contributed by atoms with E-state index in [0.29, 0.717) is 6.42 Å². The predicted octanol–water partition coefficient (Wildman–Crippen LogP) is 4.75. The molecule has 1 unspecified atom stereocenters. The topological polar surface area (TPSA) is 46.6 Å². The van der Waals surface area contributed by atoms with Gasteiger partial charge in [0.2, 0.25) is 5.78 Å². The fourth-order valence-corrected chi connectivity index (χ4v) is 2.98. The third-order valence-electron chi connectivity index (χ3n) is 4.58. The summed E-state index contributed by atoms with van der Waals surface area (Å²) in [6.07, 6.45) is 8.23. The summed E-state index contributed by atoms with van der Waals surface area (Å²) in [5, 5.41) is 0. The number of hydrogen-bond acceptors (Lipinski definition) is 4. The molecule has 0 aliphatic carbocycles. The van der Waals surface area contributed by atoms with E-state index < -0.39 is 11.9 Å². The first-order valence-electron chi connectivity index (χ1n) is 9.54. The van der Waals surface area contributed by atoms with E-state index in [1.807, 2.05) is 12.1 Å². The molecule has 1 heterocycles. The summed E-state index contributed by atoms with van der Waals surface area (Å²) in [5.41, 5.74) is 2.04. The van der Waals surface area contributed by atoms with Gasteiger partial charge >= 0.3 is 5.97 Å². The number of cyclic esters (lactones) is 1. The molecule has 0 spiro atoms. The Morgan fingerprint density at radius 3 is 2.23 bits per heavy atom. The molecule has 1 aliphatic rings. The lowest BCUT2D eigenvalue weighted by Crippen LogP contribution is -2.25. The lowest BCUT2D eigenvalue weighted by atomic mass is 10.0. The molecule has 26 heavy (non-hydrogen) atoms. The molecule has 1 aliphatic heterocycles. The molecule has 1 aromatic rings. The Kier molecular flexibility index (Phi) is 7.64. The van der Waals surface area contributed by atoms with Gasteiger partial charge < -0.3 is 9.64 Å². The van der Waals surface area contributed by atoms with E-state index in [1.54, 1.807) is 12.2 Å². The summed E-state index contributed by atoms with van der Waals surface area (Å²) < 4.78 is 5.14. The van der Waals surface area contributed by atoms with Crippen LogP contribution in [-0.2, 0) is 14.3 Å². The number of allylic oxidation sites excluding steroid dienone is 2. The number of carbonyl (C=O) groups excluding carboxylic acids is 2. The largest absolute Gasteiger partial charge is 0.422 e. The van der Waals surface area contributed by atoms with Crippen molar-refractivity contribution in [2.45, 2.75) is 46.0 Å². The fraction of sp³-hybridized carbons (Fsp3) is 0.455.